The van der Waals surface area contributed by atoms with Crippen molar-refractivity contribution in [1.82, 2.24) is 4.98 Å². The number of aryl methyl sites for hydroxylation is 1. The van der Waals surface area contributed by atoms with Crippen LogP contribution in [-0.4, -0.2) is 18.1 Å². The Morgan fingerprint density at radius 1 is 1.45 bits per heavy atom. The lowest BCUT2D eigenvalue weighted by Crippen LogP contribution is -2.16. The molecule has 0 aliphatic carbocycles. The van der Waals surface area contributed by atoms with Crippen LogP contribution in [0.15, 0.2) is 10.6 Å². The van der Waals surface area contributed by atoms with Crippen LogP contribution in [0.3, 0.4) is 0 Å². The molecule has 0 atom stereocenters. The van der Waals surface area contributed by atoms with Gasteiger partial charge in [0, 0.05) is 20.0 Å². The summed E-state index contributed by atoms with van der Waals surface area (Å²) >= 11 is 0. The monoisotopic (exact) mass is 152 g/mol. The quantitative estimate of drug-likeness (QED) is 0.612. The van der Waals surface area contributed by atoms with Crippen molar-refractivity contribution < 1.29 is 4.42 Å². The zero-order valence-corrected chi connectivity index (χ0v) is 6.71. The first-order chi connectivity index (χ1) is 5.36. The van der Waals surface area contributed by atoms with Gasteiger partial charge in [-0.05, 0) is 12.8 Å². The first-order valence-corrected chi connectivity index (χ1v) is 4.03. The second-order valence-electron chi connectivity index (χ2n) is 2.91. The third-order valence-corrected chi connectivity index (χ3v) is 2.03. The van der Waals surface area contributed by atoms with E-state index in [1.807, 2.05) is 6.92 Å². The molecule has 0 unspecified atom stereocenters. The van der Waals surface area contributed by atoms with Gasteiger partial charge in [0.2, 0.25) is 5.88 Å². The molecule has 60 valence electrons. The Bertz CT molecular complexity index is 238. The van der Waals surface area contributed by atoms with E-state index < -0.39 is 0 Å². The Hall–Kier alpha value is -0.990. The maximum atomic E-state index is 5.38. The van der Waals surface area contributed by atoms with Crippen molar-refractivity contribution in [3.05, 3.63) is 12.1 Å². The molecule has 0 aromatic carbocycles. The Kier molecular flexibility index (Phi) is 1.56. The van der Waals surface area contributed by atoms with Crippen LogP contribution < -0.4 is 4.90 Å². The van der Waals surface area contributed by atoms with Crippen molar-refractivity contribution in [2.75, 3.05) is 18.0 Å². The summed E-state index contributed by atoms with van der Waals surface area (Å²) < 4.78 is 5.38. The van der Waals surface area contributed by atoms with Gasteiger partial charge in [0.15, 0.2) is 5.89 Å². The Labute approximate surface area is 66.0 Å². The molecule has 1 aliphatic heterocycles. The van der Waals surface area contributed by atoms with Gasteiger partial charge in [0.05, 0.1) is 6.20 Å². The lowest BCUT2D eigenvalue weighted by molar-refractivity contribution is 0.516. The van der Waals surface area contributed by atoms with Gasteiger partial charge in [-0.25, -0.2) is 4.98 Å². The summed E-state index contributed by atoms with van der Waals surface area (Å²) in [6, 6.07) is 0. The van der Waals surface area contributed by atoms with E-state index in [1.54, 1.807) is 6.20 Å². The minimum atomic E-state index is 0.756. The Morgan fingerprint density at radius 2 is 2.18 bits per heavy atom. The van der Waals surface area contributed by atoms with Crippen molar-refractivity contribution >= 4 is 5.88 Å². The molecule has 11 heavy (non-hydrogen) atoms. The van der Waals surface area contributed by atoms with Gasteiger partial charge in [0.1, 0.15) is 0 Å². The van der Waals surface area contributed by atoms with Crippen molar-refractivity contribution in [2.45, 2.75) is 19.8 Å². The van der Waals surface area contributed by atoms with Crippen LogP contribution in [0.5, 0.6) is 0 Å². The van der Waals surface area contributed by atoms with Gasteiger partial charge < -0.3 is 9.32 Å². The summed E-state index contributed by atoms with van der Waals surface area (Å²) in [6.07, 6.45) is 4.36. The van der Waals surface area contributed by atoms with Crippen molar-refractivity contribution in [2.24, 2.45) is 0 Å². The fourth-order valence-electron chi connectivity index (χ4n) is 1.43. The van der Waals surface area contributed by atoms with E-state index in [0.717, 1.165) is 24.9 Å². The summed E-state index contributed by atoms with van der Waals surface area (Å²) in [5.41, 5.74) is 0. The third kappa shape index (κ3) is 1.23. The number of oxazole rings is 1. The average Bonchev–Trinajstić information content (AvgIpc) is 2.55. The fraction of sp³-hybridized carbons (Fsp3) is 0.625. The van der Waals surface area contributed by atoms with E-state index in [4.69, 9.17) is 4.42 Å². The van der Waals surface area contributed by atoms with E-state index >= 15 is 0 Å². The molecule has 1 aromatic rings. The van der Waals surface area contributed by atoms with Crippen LogP contribution in [0, 0.1) is 6.92 Å². The molecule has 1 aliphatic rings. The SMILES string of the molecule is Cc1ncc(N2CCCC2)o1. The molecule has 0 N–H and O–H groups in total. The van der Waals surface area contributed by atoms with Crippen molar-refractivity contribution in [1.29, 1.82) is 0 Å². The molecule has 1 aromatic heterocycles. The summed E-state index contributed by atoms with van der Waals surface area (Å²) in [7, 11) is 0. The van der Waals surface area contributed by atoms with E-state index in [2.05, 4.69) is 9.88 Å². The van der Waals surface area contributed by atoms with E-state index in [1.165, 1.54) is 12.8 Å². The Morgan fingerprint density at radius 3 is 2.73 bits per heavy atom. The zero-order chi connectivity index (χ0) is 7.68. The van der Waals surface area contributed by atoms with E-state index in [9.17, 15) is 0 Å². The predicted octanol–water partition coefficient (Wildman–Crippen LogP) is 1.58. The molecular formula is C8H12N2O. The summed E-state index contributed by atoms with van der Waals surface area (Å²) in [5.74, 6) is 1.69. The number of anilines is 1. The highest BCUT2D eigenvalue weighted by atomic mass is 16.4. The van der Waals surface area contributed by atoms with Crippen LogP contribution >= 0.6 is 0 Å². The second-order valence-corrected chi connectivity index (χ2v) is 2.91. The van der Waals surface area contributed by atoms with Crippen LogP contribution in [0.25, 0.3) is 0 Å². The highest BCUT2D eigenvalue weighted by molar-refractivity contribution is 5.33. The molecule has 3 nitrogen and oxygen atoms in total. The van der Waals surface area contributed by atoms with Crippen LogP contribution in [0.1, 0.15) is 18.7 Å². The standard InChI is InChI=1S/C8H12N2O/c1-7-9-6-8(11-7)10-4-2-3-5-10/h6H,2-5H2,1H3. The molecule has 2 rings (SSSR count). The lowest BCUT2D eigenvalue weighted by Gasteiger charge is -2.11. The molecule has 3 heteroatoms. The van der Waals surface area contributed by atoms with Gasteiger partial charge in [-0.3, -0.25) is 0 Å². The molecule has 0 radical (unpaired) electrons. The molecule has 0 bridgehead atoms. The van der Waals surface area contributed by atoms with Gasteiger partial charge in [-0.2, -0.15) is 0 Å². The molecule has 1 saturated heterocycles. The molecule has 2 heterocycles. The highest BCUT2D eigenvalue weighted by Crippen LogP contribution is 2.20. The van der Waals surface area contributed by atoms with Crippen molar-refractivity contribution in [3.8, 4) is 0 Å². The maximum absolute atomic E-state index is 5.38. The molecule has 0 saturated carbocycles. The van der Waals surface area contributed by atoms with E-state index in [-0.39, 0.29) is 0 Å². The number of hydrogen-bond donors (Lipinski definition) is 0. The first kappa shape index (κ1) is 6.70. The van der Waals surface area contributed by atoms with Crippen molar-refractivity contribution in [3.63, 3.8) is 0 Å². The van der Waals surface area contributed by atoms with Crippen LogP contribution in [0.4, 0.5) is 5.88 Å². The third-order valence-electron chi connectivity index (χ3n) is 2.03. The minimum Gasteiger partial charge on any atom is -0.425 e. The molecule has 1 fully saturated rings. The first-order valence-electron chi connectivity index (χ1n) is 4.03. The number of aromatic nitrogens is 1. The van der Waals surface area contributed by atoms with Gasteiger partial charge >= 0.3 is 0 Å². The maximum Gasteiger partial charge on any atom is 0.216 e. The molecule has 0 spiro atoms. The second kappa shape index (κ2) is 2.57. The van der Waals surface area contributed by atoms with E-state index in [0.29, 0.717) is 0 Å². The summed E-state index contributed by atoms with van der Waals surface area (Å²) in [6.45, 7) is 4.11. The smallest absolute Gasteiger partial charge is 0.216 e. The van der Waals surface area contributed by atoms with Crippen LogP contribution in [0.2, 0.25) is 0 Å². The number of hydrogen-bond acceptors (Lipinski definition) is 3. The topological polar surface area (TPSA) is 29.3 Å². The summed E-state index contributed by atoms with van der Waals surface area (Å²) in [5, 5.41) is 0. The number of rotatable bonds is 1. The molecule has 0 amide bonds. The normalized spacial score (nSPS) is 17.7. The number of nitrogens with zero attached hydrogens (tertiary/aromatic N) is 2. The van der Waals surface area contributed by atoms with Crippen LogP contribution in [-0.2, 0) is 0 Å². The Balaban J connectivity index is 2.15. The van der Waals surface area contributed by atoms with Gasteiger partial charge in [0.25, 0.3) is 0 Å². The van der Waals surface area contributed by atoms with Gasteiger partial charge in [-0.1, -0.05) is 0 Å². The zero-order valence-electron chi connectivity index (χ0n) is 6.71. The largest absolute Gasteiger partial charge is 0.425 e. The highest BCUT2D eigenvalue weighted by Gasteiger charge is 2.14. The summed E-state index contributed by atoms with van der Waals surface area (Å²) in [4.78, 5) is 6.29. The average molecular weight is 152 g/mol. The predicted molar refractivity (Wildman–Crippen MR) is 42.7 cm³/mol. The minimum absolute atomic E-state index is 0.756. The fourth-order valence-corrected chi connectivity index (χ4v) is 1.43. The van der Waals surface area contributed by atoms with Gasteiger partial charge in [-0.15, -0.1) is 0 Å². The molecular weight excluding hydrogens is 140 g/mol. The lowest BCUT2D eigenvalue weighted by atomic mass is 10.4.